The van der Waals surface area contributed by atoms with E-state index >= 15 is 0 Å². The van der Waals surface area contributed by atoms with Gasteiger partial charge in [-0.05, 0) is 19.4 Å². The molecule has 21 heavy (non-hydrogen) atoms. The van der Waals surface area contributed by atoms with Crippen LogP contribution in [0.25, 0.3) is 0 Å². The zero-order valence-electron chi connectivity index (χ0n) is 12.1. The van der Waals surface area contributed by atoms with Crippen LogP contribution in [-0.2, 0) is 9.59 Å². The molecular formula is C15H19N3O3. The molecule has 2 aliphatic rings. The Hall–Kier alpha value is -2.11. The second-order valence-electron chi connectivity index (χ2n) is 5.49. The Balaban J connectivity index is 1.59. The molecule has 2 saturated heterocycles. The molecule has 2 aliphatic heterocycles. The van der Waals surface area contributed by atoms with Crippen molar-refractivity contribution >= 4 is 11.8 Å². The molecule has 1 aromatic rings. The Morgan fingerprint density at radius 1 is 1.43 bits per heavy atom. The first-order chi connectivity index (χ1) is 10.1. The van der Waals surface area contributed by atoms with E-state index in [0.29, 0.717) is 31.9 Å². The molecule has 112 valence electrons. The minimum absolute atomic E-state index is 0.0420. The number of carbonyl (C=O) groups excluding carboxylic acids is 2. The van der Waals surface area contributed by atoms with Crippen LogP contribution in [0.4, 0.5) is 0 Å². The lowest BCUT2D eigenvalue weighted by molar-refractivity contribution is -0.143. The first kappa shape index (κ1) is 13.9. The molecule has 0 N–H and O–H groups in total. The second-order valence-corrected chi connectivity index (χ2v) is 5.49. The van der Waals surface area contributed by atoms with E-state index < -0.39 is 6.10 Å². The highest BCUT2D eigenvalue weighted by molar-refractivity contribution is 5.82. The molecule has 0 aliphatic carbocycles. The van der Waals surface area contributed by atoms with E-state index in [-0.39, 0.29) is 17.9 Å². The lowest BCUT2D eigenvalue weighted by Gasteiger charge is -2.38. The highest BCUT2D eigenvalue weighted by Crippen LogP contribution is 2.23. The number of aromatic nitrogens is 1. The maximum atomic E-state index is 12.4. The Labute approximate surface area is 123 Å². The fourth-order valence-corrected chi connectivity index (χ4v) is 2.97. The molecule has 6 nitrogen and oxygen atoms in total. The molecule has 3 heterocycles. The van der Waals surface area contributed by atoms with Gasteiger partial charge in [0.2, 0.25) is 11.8 Å². The third kappa shape index (κ3) is 2.84. The number of ether oxygens (including phenoxy) is 1. The monoisotopic (exact) mass is 289 g/mol. The second kappa shape index (κ2) is 5.71. The quantitative estimate of drug-likeness (QED) is 0.821. The van der Waals surface area contributed by atoms with Gasteiger partial charge in [-0.2, -0.15) is 0 Å². The maximum Gasteiger partial charge on any atom is 0.263 e. The Morgan fingerprint density at radius 3 is 3.05 bits per heavy atom. The fraction of sp³-hybridized carbons (Fsp3) is 0.533. The fourth-order valence-electron chi connectivity index (χ4n) is 2.97. The Morgan fingerprint density at radius 2 is 2.29 bits per heavy atom. The molecule has 2 atom stereocenters. The highest BCUT2D eigenvalue weighted by atomic mass is 16.5. The standard InChI is InChI=1S/C15H19N3O3/c1-11(21-13-4-2-3-7-16-13)15(20)17-8-9-18-12(10-17)5-6-14(18)19/h2-4,7,11-12H,5-6,8-10H2,1H3. The smallest absolute Gasteiger partial charge is 0.263 e. The molecule has 0 aromatic carbocycles. The van der Waals surface area contributed by atoms with E-state index in [2.05, 4.69) is 4.98 Å². The molecule has 2 unspecified atom stereocenters. The van der Waals surface area contributed by atoms with Gasteiger partial charge in [-0.25, -0.2) is 4.98 Å². The molecule has 6 heteroatoms. The molecule has 0 bridgehead atoms. The van der Waals surface area contributed by atoms with Gasteiger partial charge in [-0.15, -0.1) is 0 Å². The van der Waals surface area contributed by atoms with Crippen LogP contribution in [0.15, 0.2) is 24.4 Å². The van der Waals surface area contributed by atoms with Crippen LogP contribution in [0, 0.1) is 0 Å². The van der Waals surface area contributed by atoms with Crippen LogP contribution < -0.4 is 4.74 Å². The lowest BCUT2D eigenvalue weighted by Crippen LogP contribution is -2.55. The normalized spacial score (nSPS) is 22.9. The van der Waals surface area contributed by atoms with E-state index in [1.54, 1.807) is 30.2 Å². The highest BCUT2D eigenvalue weighted by Gasteiger charge is 2.38. The molecular weight excluding hydrogens is 270 g/mol. The van der Waals surface area contributed by atoms with Gasteiger partial charge in [-0.3, -0.25) is 9.59 Å². The number of hydrogen-bond donors (Lipinski definition) is 0. The van der Waals surface area contributed by atoms with Crippen LogP contribution >= 0.6 is 0 Å². The van der Waals surface area contributed by atoms with Crippen LogP contribution in [0.1, 0.15) is 19.8 Å². The van der Waals surface area contributed by atoms with E-state index in [1.165, 1.54) is 0 Å². The summed E-state index contributed by atoms with van der Waals surface area (Å²) in [7, 11) is 0. The third-order valence-electron chi connectivity index (χ3n) is 4.09. The summed E-state index contributed by atoms with van der Waals surface area (Å²) in [6.07, 6.45) is 2.52. The first-order valence-corrected chi connectivity index (χ1v) is 7.31. The van der Waals surface area contributed by atoms with Crippen LogP contribution in [0.5, 0.6) is 5.88 Å². The van der Waals surface area contributed by atoms with Crippen LogP contribution in [-0.4, -0.2) is 58.4 Å². The van der Waals surface area contributed by atoms with Crippen molar-refractivity contribution in [1.29, 1.82) is 0 Å². The van der Waals surface area contributed by atoms with Crippen molar-refractivity contribution in [2.75, 3.05) is 19.6 Å². The molecule has 2 fully saturated rings. The van der Waals surface area contributed by atoms with Crippen molar-refractivity contribution in [3.63, 3.8) is 0 Å². The number of nitrogens with zero attached hydrogens (tertiary/aromatic N) is 3. The summed E-state index contributed by atoms with van der Waals surface area (Å²) in [5.74, 6) is 0.623. The van der Waals surface area contributed by atoms with Gasteiger partial charge >= 0.3 is 0 Å². The van der Waals surface area contributed by atoms with Crippen molar-refractivity contribution < 1.29 is 14.3 Å². The van der Waals surface area contributed by atoms with Gasteiger partial charge in [0.1, 0.15) is 0 Å². The summed E-state index contributed by atoms with van der Waals surface area (Å²) in [6, 6.07) is 5.53. The van der Waals surface area contributed by atoms with Gasteiger partial charge in [-0.1, -0.05) is 6.07 Å². The summed E-state index contributed by atoms with van der Waals surface area (Å²) in [5, 5.41) is 0. The van der Waals surface area contributed by atoms with Crippen molar-refractivity contribution in [3.05, 3.63) is 24.4 Å². The number of piperazine rings is 1. The Kier molecular flexibility index (Phi) is 3.77. The topological polar surface area (TPSA) is 62.7 Å². The average molecular weight is 289 g/mol. The molecule has 2 amide bonds. The largest absolute Gasteiger partial charge is 0.465 e. The maximum absolute atomic E-state index is 12.4. The van der Waals surface area contributed by atoms with Crippen molar-refractivity contribution in [2.45, 2.75) is 31.9 Å². The predicted octanol–water partition coefficient (Wildman–Crippen LogP) is 0.682. The number of amides is 2. The van der Waals surface area contributed by atoms with Crippen LogP contribution in [0.3, 0.4) is 0 Å². The molecule has 0 radical (unpaired) electrons. The van der Waals surface area contributed by atoms with E-state index in [4.69, 9.17) is 4.74 Å². The van der Waals surface area contributed by atoms with Crippen LogP contribution in [0.2, 0.25) is 0 Å². The van der Waals surface area contributed by atoms with Crippen molar-refractivity contribution in [2.24, 2.45) is 0 Å². The van der Waals surface area contributed by atoms with Gasteiger partial charge in [0, 0.05) is 44.4 Å². The van der Waals surface area contributed by atoms with Crippen molar-refractivity contribution in [1.82, 2.24) is 14.8 Å². The summed E-state index contributed by atoms with van der Waals surface area (Å²) in [6.45, 7) is 3.56. The van der Waals surface area contributed by atoms with Gasteiger partial charge in [0.25, 0.3) is 5.91 Å². The minimum Gasteiger partial charge on any atom is -0.465 e. The van der Waals surface area contributed by atoms with Gasteiger partial charge in [0.05, 0.1) is 0 Å². The molecule has 0 spiro atoms. The summed E-state index contributed by atoms with van der Waals surface area (Å²) in [5.41, 5.74) is 0. The molecule has 1 aromatic heterocycles. The number of pyridine rings is 1. The summed E-state index contributed by atoms with van der Waals surface area (Å²) in [4.78, 5) is 31.9. The van der Waals surface area contributed by atoms with Crippen molar-refractivity contribution in [3.8, 4) is 5.88 Å². The molecule has 3 rings (SSSR count). The van der Waals surface area contributed by atoms with E-state index in [9.17, 15) is 9.59 Å². The average Bonchev–Trinajstić information content (AvgIpc) is 2.88. The minimum atomic E-state index is -0.566. The number of hydrogen-bond acceptors (Lipinski definition) is 4. The third-order valence-corrected chi connectivity index (χ3v) is 4.09. The van der Waals surface area contributed by atoms with Gasteiger partial charge in [0.15, 0.2) is 6.10 Å². The lowest BCUT2D eigenvalue weighted by atomic mass is 10.1. The summed E-state index contributed by atoms with van der Waals surface area (Å²) >= 11 is 0. The van der Waals surface area contributed by atoms with Gasteiger partial charge < -0.3 is 14.5 Å². The number of fused-ring (bicyclic) bond motifs is 1. The number of carbonyl (C=O) groups is 2. The zero-order chi connectivity index (χ0) is 14.8. The number of rotatable bonds is 3. The van der Waals surface area contributed by atoms with E-state index in [1.807, 2.05) is 11.0 Å². The Bertz CT molecular complexity index is 534. The first-order valence-electron chi connectivity index (χ1n) is 7.31. The zero-order valence-corrected chi connectivity index (χ0v) is 12.1. The molecule has 0 saturated carbocycles. The predicted molar refractivity (Wildman–Crippen MR) is 75.6 cm³/mol. The summed E-state index contributed by atoms with van der Waals surface area (Å²) < 4.78 is 5.58. The van der Waals surface area contributed by atoms with E-state index in [0.717, 1.165) is 6.42 Å². The SMILES string of the molecule is CC(Oc1ccccn1)C(=O)N1CCN2C(=O)CCC2C1.